The van der Waals surface area contributed by atoms with Crippen molar-refractivity contribution in [1.29, 1.82) is 0 Å². The Morgan fingerprint density at radius 1 is 1.46 bits per heavy atom. The molecular formula is C11H20N2. The second kappa shape index (κ2) is 4.13. The summed E-state index contributed by atoms with van der Waals surface area (Å²) in [6.07, 6.45) is 10.3. The van der Waals surface area contributed by atoms with Crippen LogP contribution in [0.2, 0.25) is 0 Å². The van der Waals surface area contributed by atoms with Crippen LogP contribution in [0, 0.1) is 23.7 Å². The topological polar surface area (TPSA) is 38.0 Å². The van der Waals surface area contributed by atoms with E-state index in [9.17, 15) is 0 Å². The van der Waals surface area contributed by atoms with Crippen molar-refractivity contribution in [2.45, 2.75) is 45.6 Å². The third-order valence-electron chi connectivity index (χ3n) is 3.21. The molecule has 0 aromatic heterocycles. The van der Waals surface area contributed by atoms with E-state index >= 15 is 0 Å². The van der Waals surface area contributed by atoms with Gasteiger partial charge in [0.25, 0.3) is 0 Å². The highest BCUT2D eigenvalue weighted by molar-refractivity contribution is 5.02. The standard InChI is InChI=1S/C11H20N2/c1-4-10(13-12)9-5-7-11(2,3)8-6-9/h1,9-10,13H,5-8,12H2,2-3H3. The van der Waals surface area contributed by atoms with Crippen molar-refractivity contribution in [3.05, 3.63) is 0 Å². The first-order chi connectivity index (χ1) is 6.09. The second-order valence-corrected chi connectivity index (χ2v) is 4.81. The molecule has 2 nitrogen and oxygen atoms in total. The molecule has 0 bridgehead atoms. The van der Waals surface area contributed by atoms with Crippen LogP contribution in [0.15, 0.2) is 0 Å². The molecule has 0 heterocycles. The van der Waals surface area contributed by atoms with Crippen LogP contribution in [0.25, 0.3) is 0 Å². The highest BCUT2D eigenvalue weighted by Gasteiger charge is 2.29. The van der Waals surface area contributed by atoms with Gasteiger partial charge >= 0.3 is 0 Å². The van der Waals surface area contributed by atoms with Crippen LogP contribution >= 0.6 is 0 Å². The van der Waals surface area contributed by atoms with Gasteiger partial charge in [0.15, 0.2) is 0 Å². The van der Waals surface area contributed by atoms with Crippen molar-refractivity contribution in [2.75, 3.05) is 0 Å². The van der Waals surface area contributed by atoms with Crippen molar-refractivity contribution in [1.82, 2.24) is 5.43 Å². The lowest BCUT2D eigenvalue weighted by Crippen LogP contribution is -2.41. The molecule has 0 amide bonds. The van der Waals surface area contributed by atoms with Crippen LogP contribution in [-0.2, 0) is 0 Å². The fourth-order valence-electron chi connectivity index (χ4n) is 2.08. The monoisotopic (exact) mass is 180 g/mol. The first-order valence-electron chi connectivity index (χ1n) is 5.01. The fourth-order valence-corrected chi connectivity index (χ4v) is 2.08. The smallest absolute Gasteiger partial charge is 0.0842 e. The number of terminal acetylenes is 1. The average molecular weight is 180 g/mol. The summed E-state index contributed by atoms with van der Waals surface area (Å²) in [6, 6.07) is 0.0658. The molecule has 1 atom stereocenters. The lowest BCUT2D eigenvalue weighted by atomic mass is 9.71. The zero-order chi connectivity index (χ0) is 9.90. The van der Waals surface area contributed by atoms with Crippen LogP contribution in [0.5, 0.6) is 0 Å². The Labute approximate surface area is 81.2 Å². The van der Waals surface area contributed by atoms with Gasteiger partial charge in [-0.1, -0.05) is 19.8 Å². The third kappa shape index (κ3) is 2.72. The van der Waals surface area contributed by atoms with Crippen LogP contribution in [0.1, 0.15) is 39.5 Å². The van der Waals surface area contributed by atoms with Gasteiger partial charge in [0.05, 0.1) is 6.04 Å². The van der Waals surface area contributed by atoms with E-state index in [0.29, 0.717) is 11.3 Å². The SMILES string of the molecule is C#CC(NN)C1CCC(C)(C)CC1. The lowest BCUT2D eigenvalue weighted by molar-refractivity contribution is 0.176. The van der Waals surface area contributed by atoms with E-state index in [2.05, 4.69) is 25.2 Å². The molecule has 0 radical (unpaired) electrons. The van der Waals surface area contributed by atoms with E-state index in [1.54, 1.807) is 0 Å². The average Bonchev–Trinajstić information content (AvgIpc) is 2.09. The number of hydrogen-bond acceptors (Lipinski definition) is 2. The molecule has 1 fully saturated rings. The summed E-state index contributed by atoms with van der Waals surface area (Å²) in [5.41, 5.74) is 3.22. The van der Waals surface area contributed by atoms with Gasteiger partial charge in [-0.25, -0.2) is 5.43 Å². The van der Waals surface area contributed by atoms with E-state index in [0.717, 1.165) is 0 Å². The van der Waals surface area contributed by atoms with Crippen LogP contribution < -0.4 is 11.3 Å². The summed E-state index contributed by atoms with van der Waals surface area (Å²) in [6.45, 7) is 4.65. The Morgan fingerprint density at radius 2 is 2.00 bits per heavy atom. The molecule has 0 spiro atoms. The largest absolute Gasteiger partial charge is 0.270 e. The highest BCUT2D eigenvalue weighted by Crippen LogP contribution is 2.38. The Balaban J connectivity index is 2.45. The van der Waals surface area contributed by atoms with E-state index in [1.165, 1.54) is 25.7 Å². The maximum Gasteiger partial charge on any atom is 0.0842 e. The van der Waals surface area contributed by atoms with Gasteiger partial charge in [0.2, 0.25) is 0 Å². The van der Waals surface area contributed by atoms with Gasteiger partial charge in [-0.05, 0) is 37.0 Å². The highest BCUT2D eigenvalue weighted by atomic mass is 15.2. The number of rotatable bonds is 2. The summed E-state index contributed by atoms with van der Waals surface area (Å²) < 4.78 is 0. The summed E-state index contributed by atoms with van der Waals surface area (Å²) in [5.74, 6) is 8.67. The van der Waals surface area contributed by atoms with E-state index < -0.39 is 0 Å². The molecule has 1 rings (SSSR count). The zero-order valence-corrected chi connectivity index (χ0v) is 8.64. The van der Waals surface area contributed by atoms with Crippen molar-refractivity contribution in [3.8, 4) is 12.3 Å². The van der Waals surface area contributed by atoms with Crippen molar-refractivity contribution < 1.29 is 0 Å². The van der Waals surface area contributed by atoms with Crippen LogP contribution in [-0.4, -0.2) is 6.04 Å². The van der Waals surface area contributed by atoms with E-state index in [1.807, 2.05) is 0 Å². The minimum atomic E-state index is 0.0658. The van der Waals surface area contributed by atoms with Gasteiger partial charge in [-0.2, -0.15) is 0 Å². The maximum atomic E-state index is 5.39. The van der Waals surface area contributed by atoms with Gasteiger partial charge < -0.3 is 0 Å². The molecule has 3 N–H and O–H groups in total. The minimum absolute atomic E-state index is 0.0658. The zero-order valence-electron chi connectivity index (χ0n) is 8.64. The van der Waals surface area contributed by atoms with Crippen LogP contribution in [0.4, 0.5) is 0 Å². The van der Waals surface area contributed by atoms with E-state index in [4.69, 9.17) is 12.3 Å². The van der Waals surface area contributed by atoms with Crippen molar-refractivity contribution in [3.63, 3.8) is 0 Å². The summed E-state index contributed by atoms with van der Waals surface area (Å²) in [7, 11) is 0. The number of hydrogen-bond donors (Lipinski definition) is 2. The quantitative estimate of drug-likeness (QED) is 0.385. The predicted molar refractivity (Wildman–Crippen MR) is 55.7 cm³/mol. The van der Waals surface area contributed by atoms with E-state index in [-0.39, 0.29) is 6.04 Å². The molecule has 1 aliphatic rings. The lowest BCUT2D eigenvalue weighted by Gasteiger charge is -2.36. The molecule has 0 saturated heterocycles. The fraction of sp³-hybridized carbons (Fsp3) is 0.818. The first-order valence-corrected chi connectivity index (χ1v) is 5.01. The van der Waals surface area contributed by atoms with Gasteiger partial charge in [-0.3, -0.25) is 5.84 Å². The molecule has 13 heavy (non-hydrogen) atoms. The summed E-state index contributed by atoms with van der Waals surface area (Å²) in [5, 5.41) is 0. The van der Waals surface area contributed by atoms with Gasteiger partial charge in [-0.15, -0.1) is 6.42 Å². The number of nitrogens with two attached hydrogens (primary N) is 1. The van der Waals surface area contributed by atoms with Crippen molar-refractivity contribution in [2.24, 2.45) is 17.2 Å². The number of hydrazine groups is 1. The second-order valence-electron chi connectivity index (χ2n) is 4.81. The predicted octanol–water partition coefficient (Wildman–Crippen LogP) is 1.67. The molecule has 0 aromatic rings. The maximum absolute atomic E-state index is 5.39. The summed E-state index contributed by atoms with van der Waals surface area (Å²) in [4.78, 5) is 0. The Morgan fingerprint density at radius 3 is 2.38 bits per heavy atom. The Bertz CT molecular complexity index is 193. The molecular weight excluding hydrogens is 160 g/mol. The minimum Gasteiger partial charge on any atom is -0.270 e. The van der Waals surface area contributed by atoms with Gasteiger partial charge in [0.1, 0.15) is 0 Å². The third-order valence-corrected chi connectivity index (χ3v) is 3.21. The molecule has 0 aromatic carbocycles. The molecule has 1 unspecified atom stereocenters. The molecule has 2 heteroatoms. The number of nitrogens with one attached hydrogen (secondary N) is 1. The normalized spacial score (nSPS) is 25.1. The first kappa shape index (κ1) is 10.6. The Kier molecular flexibility index (Phi) is 3.35. The van der Waals surface area contributed by atoms with Crippen LogP contribution in [0.3, 0.4) is 0 Å². The molecule has 1 saturated carbocycles. The molecule has 74 valence electrons. The Hall–Kier alpha value is -0.520. The summed E-state index contributed by atoms with van der Waals surface area (Å²) >= 11 is 0. The molecule has 1 aliphatic carbocycles. The van der Waals surface area contributed by atoms with Gasteiger partial charge in [0, 0.05) is 0 Å². The van der Waals surface area contributed by atoms with Crippen molar-refractivity contribution >= 4 is 0 Å². The molecule has 0 aliphatic heterocycles.